The summed E-state index contributed by atoms with van der Waals surface area (Å²) in [5, 5.41) is 5.97. The summed E-state index contributed by atoms with van der Waals surface area (Å²) in [6.45, 7) is 17.3. The van der Waals surface area contributed by atoms with Gasteiger partial charge >= 0.3 is 5.97 Å². The Morgan fingerprint density at radius 1 is 0.970 bits per heavy atom. The molecule has 0 radical (unpaired) electrons. The van der Waals surface area contributed by atoms with Crippen LogP contribution in [0.25, 0.3) is 0 Å². The van der Waals surface area contributed by atoms with E-state index in [1.165, 1.54) is 0 Å². The van der Waals surface area contributed by atoms with Gasteiger partial charge in [0.25, 0.3) is 0 Å². The van der Waals surface area contributed by atoms with Crippen LogP contribution >= 0.6 is 0 Å². The second-order valence-electron chi connectivity index (χ2n) is 10.6. The fourth-order valence-corrected chi connectivity index (χ4v) is 4.02. The van der Waals surface area contributed by atoms with Crippen LogP contribution in [-0.2, 0) is 23.9 Å². The molecule has 0 saturated carbocycles. The molecule has 2 amide bonds. The van der Waals surface area contributed by atoms with Crippen molar-refractivity contribution < 1.29 is 23.9 Å². The number of hydrogen-bond acceptors (Lipinski definition) is 6. The summed E-state index contributed by atoms with van der Waals surface area (Å²) in [4.78, 5) is 40.6. The average molecular weight is 472 g/mol. The van der Waals surface area contributed by atoms with E-state index >= 15 is 0 Å². The van der Waals surface area contributed by atoms with Gasteiger partial charge in [0.15, 0.2) is 0 Å². The Morgan fingerprint density at radius 2 is 1.48 bits per heavy atom. The number of rotatable bonds is 13. The molecule has 0 rings (SSSR count). The molecule has 8 nitrogen and oxygen atoms in total. The van der Waals surface area contributed by atoms with Crippen LogP contribution in [-0.4, -0.2) is 73.7 Å². The highest BCUT2D eigenvalue weighted by molar-refractivity contribution is 5.90. The van der Waals surface area contributed by atoms with Gasteiger partial charge in [-0.1, -0.05) is 48.0 Å². The highest BCUT2D eigenvalue weighted by atomic mass is 16.6. The third kappa shape index (κ3) is 10.0. The van der Waals surface area contributed by atoms with Crippen molar-refractivity contribution in [3.8, 4) is 0 Å². The number of carbonyl (C=O) groups is 3. The van der Waals surface area contributed by atoms with Crippen LogP contribution in [0, 0.1) is 17.8 Å². The highest BCUT2D eigenvalue weighted by Gasteiger charge is 2.38. The maximum Gasteiger partial charge on any atom is 0.309 e. The van der Waals surface area contributed by atoms with E-state index < -0.39 is 23.8 Å². The van der Waals surface area contributed by atoms with Crippen molar-refractivity contribution in [1.82, 2.24) is 15.5 Å². The number of likely N-dealkylation sites (N-methyl/N-ethyl adjacent to an activating group) is 2. The van der Waals surface area contributed by atoms with Crippen molar-refractivity contribution in [2.75, 3.05) is 21.2 Å². The third-order valence-electron chi connectivity index (χ3n) is 5.98. The van der Waals surface area contributed by atoms with Gasteiger partial charge in [-0.05, 0) is 45.6 Å². The fourth-order valence-electron chi connectivity index (χ4n) is 4.02. The first kappa shape index (κ1) is 31.3. The van der Waals surface area contributed by atoms with E-state index in [9.17, 15) is 14.4 Å². The Hall–Kier alpha value is -1.67. The highest BCUT2D eigenvalue weighted by Crippen LogP contribution is 2.24. The number of methoxy groups -OCH3 is 1. The number of carbonyl (C=O) groups excluding carboxylic acids is 3. The number of amides is 2. The first-order valence-electron chi connectivity index (χ1n) is 12.1. The smallest absolute Gasteiger partial charge is 0.309 e. The van der Waals surface area contributed by atoms with Crippen LogP contribution < -0.4 is 10.6 Å². The molecule has 194 valence electrons. The van der Waals surface area contributed by atoms with Crippen LogP contribution in [0.1, 0.15) is 75.2 Å². The molecule has 0 aliphatic carbocycles. The lowest BCUT2D eigenvalue weighted by Gasteiger charge is -2.40. The van der Waals surface area contributed by atoms with E-state index in [0.717, 1.165) is 6.42 Å². The van der Waals surface area contributed by atoms with Crippen molar-refractivity contribution in [1.29, 1.82) is 0 Å². The second-order valence-corrected chi connectivity index (χ2v) is 10.6. The molecule has 0 aliphatic rings. The lowest BCUT2D eigenvalue weighted by molar-refractivity contribution is -0.161. The Kier molecular flexibility index (Phi) is 13.2. The average Bonchev–Trinajstić information content (AvgIpc) is 2.68. The van der Waals surface area contributed by atoms with E-state index in [-0.39, 0.29) is 48.0 Å². The minimum atomic E-state index is -0.692. The van der Waals surface area contributed by atoms with Gasteiger partial charge in [-0.2, -0.15) is 0 Å². The molecule has 0 aromatic carbocycles. The van der Waals surface area contributed by atoms with Crippen molar-refractivity contribution >= 4 is 17.8 Å². The van der Waals surface area contributed by atoms with E-state index in [1.54, 1.807) is 26.1 Å². The van der Waals surface area contributed by atoms with E-state index in [1.807, 2.05) is 62.3 Å². The number of hydrogen-bond donors (Lipinski definition) is 2. The summed E-state index contributed by atoms with van der Waals surface area (Å²) < 4.78 is 11.2. The molecule has 0 aromatic heterocycles. The standard InChI is InChI=1S/C25H49N3O5/c1-13-17(6)22(18(32-12)14-19(29)33-25(7,8)9)28(11)24(31)21(16(4)5)27-23(30)20(26-10)15(2)3/h15-18,20-22,26H,13-14H2,1-12H3,(H,27,30)/t17-,18+,20-,21-,22-/m0/s1. The van der Waals surface area contributed by atoms with Gasteiger partial charge in [0.1, 0.15) is 11.6 Å². The summed E-state index contributed by atoms with van der Waals surface area (Å²) >= 11 is 0. The van der Waals surface area contributed by atoms with Crippen LogP contribution in [0.15, 0.2) is 0 Å². The zero-order valence-corrected chi connectivity index (χ0v) is 22.9. The molecular weight excluding hydrogens is 422 g/mol. The Labute approximate surface area is 201 Å². The van der Waals surface area contributed by atoms with E-state index in [4.69, 9.17) is 9.47 Å². The zero-order chi connectivity index (χ0) is 26.1. The number of esters is 1. The molecule has 2 N–H and O–H groups in total. The maximum atomic E-state index is 13.6. The first-order chi connectivity index (χ1) is 15.1. The molecule has 5 atom stereocenters. The predicted molar refractivity (Wildman–Crippen MR) is 132 cm³/mol. The molecular formula is C25H49N3O5. The second kappa shape index (κ2) is 13.9. The normalized spacial score (nSPS) is 16.7. The van der Waals surface area contributed by atoms with Crippen molar-refractivity contribution in [2.45, 2.75) is 105 Å². The van der Waals surface area contributed by atoms with Gasteiger partial charge in [0.05, 0.1) is 24.6 Å². The van der Waals surface area contributed by atoms with Crippen LogP contribution in [0.4, 0.5) is 0 Å². The lowest BCUT2D eigenvalue weighted by atomic mass is 9.90. The van der Waals surface area contributed by atoms with Crippen LogP contribution in [0.3, 0.4) is 0 Å². The third-order valence-corrected chi connectivity index (χ3v) is 5.98. The molecule has 0 unspecified atom stereocenters. The summed E-state index contributed by atoms with van der Waals surface area (Å²) in [5.41, 5.74) is -0.601. The van der Waals surface area contributed by atoms with Crippen LogP contribution in [0.5, 0.6) is 0 Å². The predicted octanol–water partition coefficient (Wildman–Crippen LogP) is 2.99. The minimum absolute atomic E-state index is 0.0360. The van der Waals surface area contributed by atoms with E-state index in [0.29, 0.717) is 0 Å². The number of nitrogens with one attached hydrogen (secondary N) is 2. The Balaban J connectivity index is 5.83. The molecule has 8 heteroatoms. The molecule has 33 heavy (non-hydrogen) atoms. The molecule has 0 aromatic rings. The lowest BCUT2D eigenvalue weighted by Crippen LogP contribution is -2.59. The zero-order valence-electron chi connectivity index (χ0n) is 22.9. The molecule has 0 bridgehead atoms. The van der Waals surface area contributed by atoms with Crippen LogP contribution in [0.2, 0.25) is 0 Å². The summed E-state index contributed by atoms with van der Waals surface area (Å²) in [5.74, 6) is -0.742. The quantitative estimate of drug-likeness (QED) is 0.401. The van der Waals surface area contributed by atoms with Gasteiger partial charge in [0.2, 0.25) is 11.8 Å². The Bertz CT molecular complexity index is 630. The van der Waals surface area contributed by atoms with Gasteiger partial charge in [-0.25, -0.2) is 0 Å². The summed E-state index contributed by atoms with van der Waals surface area (Å²) in [6, 6.07) is -1.44. The van der Waals surface area contributed by atoms with Gasteiger partial charge in [-0.15, -0.1) is 0 Å². The fraction of sp³-hybridized carbons (Fsp3) is 0.880. The molecule has 0 spiro atoms. The molecule has 0 heterocycles. The maximum absolute atomic E-state index is 13.6. The molecule has 0 aliphatic heterocycles. The topological polar surface area (TPSA) is 97.0 Å². The number of nitrogens with zero attached hydrogens (tertiary/aromatic N) is 1. The van der Waals surface area contributed by atoms with Gasteiger partial charge in [0, 0.05) is 14.2 Å². The molecule has 0 fully saturated rings. The minimum Gasteiger partial charge on any atom is -0.460 e. The Morgan fingerprint density at radius 3 is 1.85 bits per heavy atom. The van der Waals surface area contributed by atoms with Crippen molar-refractivity contribution in [3.63, 3.8) is 0 Å². The largest absolute Gasteiger partial charge is 0.460 e. The van der Waals surface area contributed by atoms with Gasteiger partial charge in [-0.3, -0.25) is 14.4 Å². The monoisotopic (exact) mass is 471 g/mol. The SMILES string of the molecule is CC[C@H](C)[C@@H]([C@@H](CC(=O)OC(C)(C)C)OC)N(C)C(=O)[C@@H](NC(=O)[C@@H](NC)C(C)C)C(C)C. The number of ether oxygens (including phenoxy) is 2. The molecule has 0 saturated heterocycles. The van der Waals surface area contributed by atoms with E-state index in [2.05, 4.69) is 10.6 Å². The van der Waals surface area contributed by atoms with Gasteiger partial charge < -0.3 is 25.0 Å². The van der Waals surface area contributed by atoms with Crippen molar-refractivity contribution in [2.24, 2.45) is 17.8 Å². The van der Waals surface area contributed by atoms with Crippen molar-refractivity contribution in [3.05, 3.63) is 0 Å². The summed E-state index contributed by atoms with van der Waals surface area (Å²) in [6.07, 6.45) is 0.298. The summed E-state index contributed by atoms with van der Waals surface area (Å²) in [7, 11) is 5.01. The first-order valence-corrected chi connectivity index (χ1v) is 12.1.